The zero-order valence-electron chi connectivity index (χ0n) is 27.6. The number of amides is 1. The monoisotopic (exact) mass is 677 g/mol. The van der Waals surface area contributed by atoms with Crippen molar-refractivity contribution in [2.45, 2.75) is 37.6 Å². The quantitative estimate of drug-likeness (QED) is 0.0793. The van der Waals surface area contributed by atoms with Gasteiger partial charge in [0.25, 0.3) is 11.4 Å². The molecule has 1 aromatic heterocycles. The van der Waals surface area contributed by atoms with Gasteiger partial charge in [0.1, 0.15) is 6.61 Å². The highest BCUT2D eigenvalue weighted by molar-refractivity contribution is 5.92. The summed E-state index contributed by atoms with van der Waals surface area (Å²) in [6.07, 6.45) is 11.7. The zero-order valence-corrected chi connectivity index (χ0v) is 27.6. The third kappa shape index (κ3) is 8.32. The summed E-state index contributed by atoms with van der Waals surface area (Å²) >= 11 is 0. The van der Waals surface area contributed by atoms with Gasteiger partial charge in [-0.25, -0.2) is 4.79 Å². The van der Waals surface area contributed by atoms with E-state index in [0.717, 1.165) is 44.3 Å². The average Bonchev–Trinajstić information content (AvgIpc) is 3.58. The van der Waals surface area contributed by atoms with Crippen molar-refractivity contribution in [2.24, 2.45) is 5.92 Å². The number of nitro benzene ring substituents is 2. The van der Waals surface area contributed by atoms with Crippen LogP contribution in [0.15, 0.2) is 91.1 Å². The normalized spacial score (nSPS) is 17.0. The van der Waals surface area contributed by atoms with Crippen LogP contribution in [0.2, 0.25) is 0 Å². The van der Waals surface area contributed by atoms with Gasteiger partial charge in [0.05, 0.1) is 9.85 Å². The first kappa shape index (κ1) is 34.3. The molecule has 2 fully saturated rings. The minimum atomic E-state index is -0.481. The Morgan fingerprint density at radius 3 is 1.98 bits per heavy atom. The fourth-order valence-corrected chi connectivity index (χ4v) is 7.09. The van der Waals surface area contributed by atoms with Crippen molar-refractivity contribution in [3.05, 3.63) is 128 Å². The summed E-state index contributed by atoms with van der Waals surface area (Å²) in [4.78, 5) is 54.5. The topological polar surface area (TPSA) is 152 Å². The van der Waals surface area contributed by atoms with Crippen molar-refractivity contribution in [3.63, 3.8) is 0 Å². The van der Waals surface area contributed by atoms with E-state index in [0.29, 0.717) is 30.1 Å². The second-order valence-corrected chi connectivity index (χ2v) is 12.8. The predicted octanol–water partition coefficient (Wildman–Crippen LogP) is 6.74. The summed E-state index contributed by atoms with van der Waals surface area (Å²) < 4.78 is 5.82. The molecule has 3 aromatic carbocycles. The lowest BCUT2D eigenvalue weighted by Gasteiger charge is -2.43. The number of likely N-dealkylation sites (tertiary alicyclic amines) is 2. The van der Waals surface area contributed by atoms with Crippen molar-refractivity contribution in [2.75, 3.05) is 32.8 Å². The number of nitrogens with one attached hydrogen (secondary N) is 1. The van der Waals surface area contributed by atoms with E-state index >= 15 is 0 Å². The lowest BCUT2D eigenvalue weighted by molar-refractivity contribution is -0.385. The van der Waals surface area contributed by atoms with Gasteiger partial charge in [0.15, 0.2) is 0 Å². The van der Waals surface area contributed by atoms with Crippen molar-refractivity contribution in [1.29, 1.82) is 0 Å². The minimum absolute atomic E-state index is 0.00140. The second-order valence-electron chi connectivity index (χ2n) is 12.8. The Hall–Kier alpha value is -5.62. The number of hydrogen-bond acceptors (Lipinski definition) is 8. The predicted molar refractivity (Wildman–Crippen MR) is 190 cm³/mol. The standard InChI is InChI=1S/C38H39N5O7/c44-37(15-9-27-5-11-31(12-6-27)42(46)47)41-23-19-30(20-24-41)36(26-50-38(45)16-10-28-7-13-32(14-8-28)43(48)49)40-21-17-29(18-22-40)34-25-39-35-4-2-1-3-33(34)35/h1-16,25,29-30,36,39H,17-24,26H2/b15-9+,16-10+. The van der Waals surface area contributed by atoms with E-state index in [1.54, 1.807) is 36.4 Å². The number of para-hydroxylation sites is 1. The van der Waals surface area contributed by atoms with E-state index in [1.165, 1.54) is 47.4 Å². The number of benzene rings is 3. The van der Waals surface area contributed by atoms with Crippen LogP contribution in [0.5, 0.6) is 0 Å². The largest absolute Gasteiger partial charge is 0.461 e. The molecule has 1 atom stereocenters. The number of non-ortho nitro benzene ring substituents is 2. The number of fused-ring (bicyclic) bond motifs is 1. The van der Waals surface area contributed by atoms with Gasteiger partial charge in [-0.3, -0.25) is 29.9 Å². The molecule has 2 aliphatic heterocycles. The minimum Gasteiger partial charge on any atom is -0.461 e. The van der Waals surface area contributed by atoms with Gasteiger partial charge in [-0.05, 0) is 110 Å². The Labute approximate surface area is 289 Å². The van der Waals surface area contributed by atoms with Gasteiger partial charge in [-0.1, -0.05) is 18.2 Å². The molecule has 0 bridgehead atoms. The van der Waals surface area contributed by atoms with Crippen LogP contribution in [0.25, 0.3) is 23.1 Å². The van der Waals surface area contributed by atoms with E-state index in [4.69, 9.17) is 4.74 Å². The summed E-state index contributed by atoms with van der Waals surface area (Å²) in [5.74, 6) is 0.0535. The number of ether oxygens (including phenoxy) is 1. The number of hydrogen-bond donors (Lipinski definition) is 1. The van der Waals surface area contributed by atoms with Crippen LogP contribution in [0.4, 0.5) is 11.4 Å². The molecule has 12 heteroatoms. The molecule has 6 rings (SSSR count). The molecule has 1 N–H and O–H groups in total. The first-order valence-corrected chi connectivity index (χ1v) is 16.9. The molecule has 12 nitrogen and oxygen atoms in total. The number of nitrogens with zero attached hydrogens (tertiary/aromatic N) is 4. The molecule has 0 spiro atoms. The molecule has 0 radical (unpaired) electrons. The van der Waals surface area contributed by atoms with Crippen molar-refractivity contribution in [1.82, 2.24) is 14.8 Å². The van der Waals surface area contributed by atoms with Gasteiger partial charge in [0.2, 0.25) is 5.91 Å². The van der Waals surface area contributed by atoms with Gasteiger partial charge < -0.3 is 14.6 Å². The molecule has 0 aliphatic carbocycles. The van der Waals surface area contributed by atoms with Gasteiger partial charge in [-0.2, -0.15) is 0 Å². The Balaban J connectivity index is 1.08. The van der Waals surface area contributed by atoms with E-state index in [-0.39, 0.29) is 35.8 Å². The lowest BCUT2D eigenvalue weighted by Crippen LogP contribution is -2.51. The summed E-state index contributed by atoms with van der Waals surface area (Å²) in [5.41, 5.74) is 3.82. The third-order valence-corrected chi connectivity index (χ3v) is 9.89. The summed E-state index contributed by atoms with van der Waals surface area (Å²) in [7, 11) is 0. The first-order valence-electron chi connectivity index (χ1n) is 16.9. The highest BCUT2D eigenvalue weighted by Gasteiger charge is 2.35. The number of nitro groups is 2. The Bertz CT molecular complexity index is 1880. The fraction of sp³-hybridized carbons (Fsp3) is 0.316. The fourth-order valence-electron chi connectivity index (χ4n) is 7.09. The van der Waals surface area contributed by atoms with Gasteiger partial charge in [0, 0.05) is 72.6 Å². The highest BCUT2D eigenvalue weighted by atomic mass is 16.6. The van der Waals surface area contributed by atoms with Crippen LogP contribution in [0, 0.1) is 26.1 Å². The second kappa shape index (κ2) is 15.7. The SMILES string of the molecule is O=C(/C=C/c1ccc([N+](=O)[O-])cc1)OCC(C1CCN(C(=O)/C=C/c2ccc([N+](=O)[O-])cc2)CC1)N1CCC(c2c[nH]c3ccccc23)CC1. The number of aromatic nitrogens is 1. The summed E-state index contributed by atoms with van der Waals surface area (Å²) in [5, 5.41) is 23.1. The molecule has 3 heterocycles. The van der Waals surface area contributed by atoms with Crippen LogP contribution >= 0.6 is 0 Å². The molecule has 1 unspecified atom stereocenters. The Morgan fingerprint density at radius 2 is 1.38 bits per heavy atom. The number of esters is 1. The van der Waals surface area contributed by atoms with Crippen molar-refractivity contribution < 1.29 is 24.2 Å². The molecular formula is C38H39N5O7. The van der Waals surface area contributed by atoms with Crippen molar-refractivity contribution in [3.8, 4) is 0 Å². The maximum Gasteiger partial charge on any atom is 0.330 e. The molecule has 0 saturated carbocycles. The summed E-state index contributed by atoms with van der Waals surface area (Å²) in [6, 6.07) is 20.4. The van der Waals surface area contributed by atoms with E-state index < -0.39 is 15.8 Å². The molecule has 2 aliphatic rings. The van der Waals surface area contributed by atoms with Gasteiger partial charge in [-0.15, -0.1) is 0 Å². The van der Waals surface area contributed by atoms with Crippen LogP contribution in [0.3, 0.4) is 0 Å². The third-order valence-electron chi connectivity index (χ3n) is 9.89. The summed E-state index contributed by atoms with van der Waals surface area (Å²) in [6.45, 7) is 3.10. The number of piperidine rings is 2. The van der Waals surface area contributed by atoms with E-state index in [9.17, 15) is 29.8 Å². The molecular weight excluding hydrogens is 638 g/mol. The van der Waals surface area contributed by atoms with Crippen LogP contribution in [0.1, 0.15) is 48.3 Å². The van der Waals surface area contributed by atoms with E-state index in [2.05, 4.69) is 34.3 Å². The number of H-pyrrole nitrogens is 1. The average molecular weight is 678 g/mol. The lowest BCUT2D eigenvalue weighted by atomic mass is 9.84. The maximum absolute atomic E-state index is 13.0. The highest BCUT2D eigenvalue weighted by Crippen LogP contribution is 2.35. The van der Waals surface area contributed by atoms with Crippen LogP contribution < -0.4 is 0 Å². The maximum atomic E-state index is 13.0. The number of aromatic amines is 1. The Morgan fingerprint density at radius 1 is 0.800 bits per heavy atom. The van der Waals surface area contributed by atoms with Crippen molar-refractivity contribution >= 4 is 46.3 Å². The molecule has 50 heavy (non-hydrogen) atoms. The van der Waals surface area contributed by atoms with Crippen LogP contribution in [-0.2, 0) is 14.3 Å². The molecule has 1 amide bonds. The molecule has 258 valence electrons. The number of carbonyl (C=O) groups is 2. The molecule has 4 aromatic rings. The Kier molecular flexibility index (Phi) is 10.8. The molecule has 2 saturated heterocycles. The van der Waals surface area contributed by atoms with Gasteiger partial charge >= 0.3 is 5.97 Å². The number of rotatable bonds is 11. The zero-order chi connectivity index (χ0) is 35.0. The van der Waals surface area contributed by atoms with Crippen LogP contribution in [-0.4, -0.2) is 75.3 Å². The smallest absolute Gasteiger partial charge is 0.330 e. The first-order chi connectivity index (χ1) is 24.2. The number of carbonyl (C=O) groups excluding carboxylic acids is 2. The van der Waals surface area contributed by atoms with E-state index in [1.807, 2.05) is 11.0 Å².